The zero-order valence-electron chi connectivity index (χ0n) is 15.0. The Morgan fingerprint density at radius 3 is 2.57 bits per heavy atom. The molecule has 23 heavy (non-hydrogen) atoms. The number of ether oxygens (including phenoxy) is 1. The van der Waals surface area contributed by atoms with Crippen molar-refractivity contribution in [3.63, 3.8) is 0 Å². The van der Waals surface area contributed by atoms with Gasteiger partial charge in [-0.05, 0) is 45.1 Å². The Kier molecular flexibility index (Phi) is 5.69. The van der Waals surface area contributed by atoms with Crippen molar-refractivity contribution < 1.29 is 9.53 Å². The van der Waals surface area contributed by atoms with E-state index in [9.17, 15) is 4.79 Å². The van der Waals surface area contributed by atoms with Gasteiger partial charge in [0.05, 0.1) is 0 Å². The first-order valence-electron chi connectivity index (χ1n) is 8.50. The molecule has 3 atom stereocenters. The average molecular weight is 318 g/mol. The Labute approximate surface area is 140 Å². The number of hydrogen-bond acceptors (Lipinski definition) is 3. The molecule has 1 aromatic carbocycles. The molecule has 1 fully saturated rings. The van der Waals surface area contributed by atoms with Crippen LogP contribution in [0.25, 0.3) is 0 Å². The summed E-state index contributed by atoms with van der Waals surface area (Å²) in [7, 11) is 0. The number of carbonyl (C=O) groups is 1. The molecule has 4 heteroatoms. The van der Waals surface area contributed by atoms with Crippen molar-refractivity contribution >= 4 is 6.09 Å². The molecule has 1 N–H and O–H groups in total. The molecule has 4 nitrogen and oxygen atoms in total. The van der Waals surface area contributed by atoms with Gasteiger partial charge in [-0.3, -0.25) is 4.90 Å². The van der Waals surface area contributed by atoms with Crippen LogP contribution in [0.2, 0.25) is 0 Å². The first kappa shape index (κ1) is 17.8. The Morgan fingerprint density at radius 1 is 1.30 bits per heavy atom. The van der Waals surface area contributed by atoms with Gasteiger partial charge in [0.1, 0.15) is 5.60 Å². The molecule has 0 spiro atoms. The van der Waals surface area contributed by atoms with E-state index in [1.54, 1.807) is 0 Å². The second-order valence-corrected chi connectivity index (χ2v) is 7.76. The predicted molar refractivity (Wildman–Crippen MR) is 93.2 cm³/mol. The van der Waals surface area contributed by atoms with Crippen molar-refractivity contribution in [1.29, 1.82) is 0 Å². The van der Waals surface area contributed by atoms with E-state index >= 15 is 0 Å². The van der Waals surface area contributed by atoms with Gasteiger partial charge in [-0.1, -0.05) is 37.3 Å². The number of rotatable bonds is 4. The lowest BCUT2D eigenvalue weighted by molar-refractivity contribution is 0.0487. The molecule has 1 aliphatic heterocycles. The minimum Gasteiger partial charge on any atom is -0.444 e. The molecule has 1 heterocycles. The fourth-order valence-electron chi connectivity index (χ4n) is 3.32. The number of nitrogens with zero attached hydrogens (tertiary/aromatic N) is 1. The van der Waals surface area contributed by atoms with Gasteiger partial charge >= 0.3 is 6.09 Å². The van der Waals surface area contributed by atoms with Crippen LogP contribution in [0, 0.1) is 11.8 Å². The Hall–Kier alpha value is -1.55. The third kappa shape index (κ3) is 5.54. The van der Waals surface area contributed by atoms with E-state index in [1.807, 2.05) is 26.8 Å². The molecule has 1 amide bonds. The Bertz CT molecular complexity index is 510. The van der Waals surface area contributed by atoms with E-state index in [0.29, 0.717) is 11.8 Å². The minimum absolute atomic E-state index is 0.112. The zero-order valence-corrected chi connectivity index (χ0v) is 15.0. The highest BCUT2D eigenvalue weighted by molar-refractivity contribution is 5.68. The van der Waals surface area contributed by atoms with Gasteiger partial charge in [-0.25, -0.2) is 4.79 Å². The van der Waals surface area contributed by atoms with Crippen LogP contribution < -0.4 is 5.32 Å². The fourth-order valence-corrected chi connectivity index (χ4v) is 3.32. The van der Waals surface area contributed by atoms with Crippen LogP contribution in [0.5, 0.6) is 0 Å². The molecule has 2 rings (SSSR count). The van der Waals surface area contributed by atoms with Crippen LogP contribution in [-0.4, -0.2) is 35.7 Å². The first-order valence-corrected chi connectivity index (χ1v) is 8.50. The van der Waals surface area contributed by atoms with Crippen molar-refractivity contribution in [1.82, 2.24) is 10.2 Å². The number of amides is 1. The summed E-state index contributed by atoms with van der Waals surface area (Å²) in [6, 6.07) is 10.7. The fraction of sp³-hybridized carbons (Fsp3) is 0.632. The molecule has 0 saturated carbocycles. The monoisotopic (exact) mass is 318 g/mol. The molecular weight excluding hydrogens is 288 g/mol. The number of hydrogen-bond donors (Lipinski definition) is 1. The summed E-state index contributed by atoms with van der Waals surface area (Å²) in [5, 5.41) is 3.01. The summed E-state index contributed by atoms with van der Waals surface area (Å²) in [6.45, 7) is 13.1. The summed E-state index contributed by atoms with van der Waals surface area (Å²) in [5.74, 6) is 1.01. The largest absolute Gasteiger partial charge is 0.444 e. The normalized spacial score (nSPS) is 23.5. The molecule has 1 aromatic rings. The SMILES string of the molecule is CC1CN(Cc2ccccc2)CC1C(C)NC(=O)OC(C)(C)C. The maximum Gasteiger partial charge on any atom is 0.407 e. The quantitative estimate of drug-likeness (QED) is 0.921. The van der Waals surface area contributed by atoms with Gasteiger partial charge in [0.25, 0.3) is 0 Å². The minimum atomic E-state index is -0.454. The number of carbonyl (C=O) groups excluding carboxylic acids is 1. The van der Waals surface area contributed by atoms with E-state index in [-0.39, 0.29) is 12.1 Å². The van der Waals surface area contributed by atoms with E-state index in [0.717, 1.165) is 19.6 Å². The Balaban J connectivity index is 1.87. The smallest absolute Gasteiger partial charge is 0.407 e. The lowest BCUT2D eigenvalue weighted by atomic mass is 9.91. The highest BCUT2D eigenvalue weighted by Crippen LogP contribution is 2.27. The summed E-state index contributed by atoms with van der Waals surface area (Å²) in [6.07, 6.45) is -0.321. The third-order valence-electron chi connectivity index (χ3n) is 4.38. The van der Waals surface area contributed by atoms with Gasteiger partial charge in [-0.15, -0.1) is 0 Å². The molecule has 0 radical (unpaired) electrons. The van der Waals surface area contributed by atoms with E-state index < -0.39 is 5.60 Å². The van der Waals surface area contributed by atoms with Gasteiger partial charge in [-0.2, -0.15) is 0 Å². The molecule has 0 bridgehead atoms. The van der Waals surface area contributed by atoms with E-state index in [1.165, 1.54) is 5.56 Å². The third-order valence-corrected chi connectivity index (χ3v) is 4.38. The highest BCUT2D eigenvalue weighted by atomic mass is 16.6. The number of benzene rings is 1. The standard InChI is InChI=1S/C19H30N2O2/c1-14-11-21(12-16-9-7-6-8-10-16)13-17(14)15(2)20-18(22)23-19(3,4)5/h6-10,14-15,17H,11-13H2,1-5H3,(H,20,22). The second kappa shape index (κ2) is 7.35. The van der Waals surface area contributed by atoms with E-state index in [2.05, 4.69) is 48.3 Å². The van der Waals surface area contributed by atoms with Crippen molar-refractivity contribution in [3.8, 4) is 0 Å². The van der Waals surface area contributed by atoms with Crippen LogP contribution in [0.3, 0.4) is 0 Å². The zero-order chi connectivity index (χ0) is 17.0. The van der Waals surface area contributed by atoms with Crippen molar-refractivity contribution in [2.24, 2.45) is 11.8 Å². The van der Waals surface area contributed by atoms with Crippen LogP contribution in [0.4, 0.5) is 4.79 Å². The molecule has 0 aromatic heterocycles. The van der Waals surface area contributed by atoms with Gasteiger partial charge < -0.3 is 10.1 Å². The van der Waals surface area contributed by atoms with Crippen LogP contribution >= 0.6 is 0 Å². The summed E-state index contributed by atoms with van der Waals surface area (Å²) >= 11 is 0. The van der Waals surface area contributed by atoms with Crippen LogP contribution in [0.15, 0.2) is 30.3 Å². The maximum absolute atomic E-state index is 12.0. The first-order chi connectivity index (χ1) is 10.7. The summed E-state index contributed by atoms with van der Waals surface area (Å²) in [4.78, 5) is 14.4. The summed E-state index contributed by atoms with van der Waals surface area (Å²) < 4.78 is 5.36. The molecule has 0 aliphatic carbocycles. The Morgan fingerprint density at radius 2 is 1.96 bits per heavy atom. The number of nitrogens with one attached hydrogen (secondary N) is 1. The highest BCUT2D eigenvalue weighted by Gasteiger charge is 2.34. The van der Waals surface area contributed by atoms with Crippen molar-refractivity contribution in [2.45, 2.75) is 52.8 Å². The van der Waals surface area contributed by atoms with E-state index in [4.69, 9.17) is 4.74 Å². The molecular formula is C19H30N2O2. The molecule has 1 aliphatic rings. The maximum atomic E-state index is 12.0. The number of likely N-dealkylation sites (tertiary alicyclic amines) is 1. The van der Waals surface area contributed by atoms with Gasteiger partial charge in [0.15, 0.2) is 0 Å². The molecule has 1 saturated heterocycles. The average Bonchev–Trinajstić information content (AvgIpc) is 2.78. The lowest BCUT2D eigenvalue weighted by Gasteiger charge is -2.26. The topological polar surface area (TPSA) is 41.6 Å². The lowest BCUT2D eigenvalue weighted by Crippen LogP contribution is -2.43. The van der Waals surface area contributed by atoms with Gasteiger partial charge in [0.2, 0.25) is 0 Å². The molecule has 128 valence electrons. The predicted octanol–water partition coefficient (Wildman–Crippen LogP) is 3.67. The second-order valence-electron chi connectivity index (χ2n) is 7.76. The van der Waals surface area contributed by atoms with Crippen molar-refractivity contribution in [2.75, 3.05) is 13.1 Å². The van der Waals surface area contributed by atoms with Gasteiger partial charge in [0, 0.05) is 25.7 Å². The van der Waals surface area contributed by atoms with Crippen molar-refractivity contribution in [3.05, 3.63) is 35.9 Å². The molecule has 3 unspecified atom stereocenters. The van der Waals surface area contributed by atoms with Crippen LogP contribution in [0.1, 0.15) is 40.2 Å². The summed E-state index contributed by atoms with van der Waals surface area (Å²) in [5.41, 5.74) is 0.887. The van der Waals surface area contributed by atoms with Crippen LogP contribution in [-0.2, 0) is 11.3 Å². The number of alkyl carbamates (subject to hydrolysis) is 1.